The average Bonchev–Trinajstić information content (AvgIpc) is 2.11. The summed E-state index contributed by atoms with van der Waals surface area (Å²) in [5.74, 6) is 0.928. The van der Waals surface area contributed by atoms with Crippen molar-refractivity contribution in [3.05, 3.63) is 0 Å². The predicted octanol–water partition coefficient (Wildman–Crippen LogP) is 5.67. The molecule has 1 unspecified atom stereocenters. The Labute approximate surface area is 97.8 Å². The highest BCUT2D eigenvalue weighted by Crippen LogP contribution is 2.41. The molecule has 0 saturated carbocycles. The second kappa shape index (κ2) is 5.92. The minimum atomic E-state index is 0.469. The minimum Gasteiger partial charge on any atom is -0.0651 e. The van der Waals surface area contributed by atoms with E-state index in [2.05, 4.69) is 48.5 Å². The molecule has 0 heteroatoms. The highest BCUT2D eigenvalue weighted by Gasteiger charge is 2.30. The lowest BCUT2D eigenvalue weighted by atomic mass is 9.68. The Hall–Kier alpha value is 0. The molecule has 0 amide bonds. The number of hydrogen-bond acceptors (Lipinski definition) is 0. The fourth-order valence-corrected chi connectivity index (χ4v) is 2.90. The first kappa shape index (κ1) is 15.0. The molecule has 0 saturated heterocycles. The molecule has 0 spiro atoms. The Morgan fingerprint density at radius 3 is 1.60 bits per heavy atom. The van der Waals surface area contributed by atoms with E-state index in [0.29, 0.717) is 10.8 Å². The topological polar surface area (TPSA) is 0 Å². The van der Waals surface area contributed by atoms with E-state index in [1.807, 2.05) is 0 Å². The molecule has 0 N–H and O–H groups in total. The summed E-state index contributed by atoms with van der Waals surface area (Å²) in [6, 6.07) is 0. The molecule has 0 aliphatic carbocycles. The van der Waals surface area contributed by atoms with Gasteiger partial charge in [0.05, 0.1) is 0 Å². The molecule has 0 radical (unpaired) electrons. The summed E-state index contributed by atoms with van der Waals surface area (Å²) in [7, 11) is 0. The molecule has 0 aliphatic rings. The van der Waals surface area contributed by atoms with Crippen molar-refractivity contribution in [1.82, 2.24) is 0 Å². The summed E-state index contributed by atoms with van der Waals surface area (Å²) in [4.78, 5) is 0. The van der Waals surface area contributed by atoms with Crippen LogP contribution in [0.1, 0.15) is 80.6 Å². The lowest BCUT2D eigenvalue weighted by Crippen LogP contribution is -2.25. The normalized spacial score (nSPS) is 16.8. The first-order valence-electron chi connectivity index (χ1n) is 6.76. The van der Waals surface area contributed by atoms with Gasteiger partial charge in [-0.2, -0.15) is 0 Å². The van der Waals surface area contributed by atoms with Crippen molar-refractivity contribution in [3.63, 3.8) is 0 Å². The van der Waals surface area contributed by atoms with Gasteiger partial charge in [-0.15, -0.1) is 0 Å². The zero-order chi connectivity index (χ0) is 12.1. The van der Waals surface area contributed by atoms with Gasteiger partial charge in [0.15, 0.2) is 0 Å². The Kier molecular flexibility index (Phi) is 5.92. The van der Waals surface area contributed by atoms with Gasteiger partial charge in [-0.1, -0.05) is 67.7 Å². The van der Waals surface area contributed by atoms with Gasteiger partial charge in [0.1, 0.15) is 0 Å². The molecular weight excluding hydrogens is 180 g/mol. The predicted molar refractivity (Wildman–Crippen MR) is 71.2 cm³/mol. The minimum absolute atomic E-state index is 0.469. The Morgan fingerprint density at radius 2 is 1.33 bits per heavy atom. The number of hydrogen-bond donors (Lipinski definition) is 0. The van der Waals surface area contributed by atoms with Crippen LogP contribution in [0, 0.1) is 16.7 Å². The SMILES string of the molecule is CCC(CC)CC(C)(CC)CC(C)(C)C. The third-order valence-corrected chi connectivity index (χ3v) is 3.75. The van der Waals surface area contributed by atoms with E-state index in [4.69, 9.17) is 0 Å². The van der Waals surface area contributed by atoms with Crippen molar-refractivity contribution in [3.8, 4) is 0 Å². The van der Waals surface area contributed by atoms with Crippen LogP contribution in [0.25, 0.3) is 0 Å². The van der Waals surface area contributed by atoms with Gasteiger partial charge in [-0.25, -0.2) is 0 Å². The quantitative estimate of drug-likeness (QED) is 0.532. The monoisotopic (exact) mass is 212 g/mol. The van der Waals surface area contributed by atoms with Crippen molar-refractivity contribution in [2.24, 2.45) is 16.7 Å². The Balaban J connectivity index is 4.42. The van der Waals surface area contributed by atoms with Crippen LogP contribution in [0.2, 0.25) is 0 Å². The van der Waals surface area contributed by atoms with E-state index in [0.717, 1.165) is 5.92 Å². The molecule has 0 heterocycles. The maximum Gasteiger partial charge on any atom is -0.0321 e. The molecule has 0 nitrogen and oxygen atoms in total. The molecule has 1 atom stereocenters. The third-order valence-electron chi connectivity index (χ3n) is 3.75. The summed E-state index contributed by atoms with van der Waals surface area (Å²) >= 11 is 0. The third kappa shape index (κ3) is 6.22. The first-order valence-corrected chi connectivity index (χ1v) is 6.76. The Bertz CT molecular complexity index is 159. The summed E-state index contributed by atoms with van der Waals surface area (Å²) in [5.41, 5.74) is 1.02. The van der Waals surface area contributed by atoms with Crippen molar-refractivity contribution < 1.29 is 0 Å². The lowest BCUT2D eigenvalue weighted by Gasteiger charge is -2.37. The lowest BCUT2D eigenvalue weighted by molar-refractivity contribution is 0.141. The molecule has 0 aromatic heterocycles. The zero-order valence-electron chi connectivity index (χ0n) is 12.1. The standard InChI is InChI=1S/C15H32/c1-8-13(9-2)11-15(7,10-3)12-14(4,5)6/h13H,8-12H2,1-7H3. The van der Waals surface area contributed by atoms with Crippen LogP contribution in [0.3, 0.4) is 0 Å². The van der Waals surface area contributed by atoms with Gasteiger partial charge in [-0.05, 0) is 29.6 Å². The van der Waals surface area contributed by atoms with Gasteiger partial charge in [-0.3, -0.25) is 0 Å². The van der Waals surface area contributed by atoms with Crippen molar-refractivity contribution in [1.29, 1.82) is 0 Å². The highest BCUT2D eigenvalue weighted by molar-refractivity contribution is 4.81. The van der Waals surface area contributed by atoms with E-state index in [-0.39, 0.29) is 0 Å². The van der Waals surface area contributed by atoms with Crippen molar-refractivity contribution in [2.75, 3.05) is 0 Å². The Morgan fingerprint density at radius 1 is 0.867 bits per heavy atom. The molecule has 0 rings (SSSR count). The summed E-state index contributed by atoms with van der Waals surface area (Å²) in [5, 5.41) is 0. The summed E-state index contributed by atoms with van der Waals surface area (Å²) in [6.45, 7) is 16.6. The van der Waals surface area contributed by atoms with Crippen LogP contribution in [0.4, 0.5) is 0 Å². The van der Waals surface area contributed by atoms with Crippen LogP contribution in [-0.2, 0) is 0 Å². The smallest absolute Gasteiger partial charge is 0.0321 e. The van der Waals surface area contributed by atoms with E-state index in [1.165, 1.54) is 32.1 Å². The van der Waals surface area contributed by atoms with Crippen LogP contribution in [0.15, 0.2) is 0 Å². The first-order chi connectivity index (χ1) is 6.76. The highest BCUT2D eigenvalue weighted by atomic mass is 14.3. The second-order valence-electron chi connectivity index (χ2n) is 6.79. The van der Waals surface area contributed by atoms with Gasteiger partial charge in [0, 0.05) is 0 Å². The van der Waals surface area contributed by atoms with E-state index in [1.54, 1.807) is 0 Å². The molecule has 0 aromatic carbocycles. The number of rotatable bonds is 6. The largest absolute Gasteiger partial charge is 0.0651 e. The second-order valence-corrected chi connectivity index (χ2v) is 6.79. The molecule has 0 fully saturated rings. The van der Waals surface area contributed by atoms with E-state index >= 15 is 0 Å². The van der Waals surface area contributed by atoms with Crippen LogP contribution in [0.5, 0.6) is 0 Å². The summed E-state index contributed by atoms with van der Waals surface area (Å²) in [6.07, 6.45) is 6.77. The molecule has 0 aliphatic heterocycles. The van der Waals surface area contributed by atoms with Crippen LogP contribution >= 0.6 is 0 Å². The van der Waals surface area contributed by atoms with Gasteiger partial charge >= 0.3 is 0 Å². The molecule has 0 aromatic rings. The fourth-order valence-electron chi connectivity index (χ4n) is 2.90. The molecular formula is C15H32. The average molecular weight is 212 g/mol. The molecule has 15 heavy (non-hydrogen) atoms. The van der Waals surface area contributed by atoms with Crippen LogP contribution < -0.4 is 0 Å². The zero-order valence-corrected chi connectivity index (χ0v) is 12.1. The fraction of sp³-hybridized carbons (Fsp3) is 1.00. The van der Waals surface area contributed by atoms with Crippen LogP contribution in [-0.4, -0.2) is 0 Å². The van der Waals surface area contributed by atoms with E-state index in [9.17, 15) is 0 Å². The van der Waals surface area contributed by atoms with E-state index < -0.39 is 0 Å². The molecule has 0 bridgehead atoms. The summed E-state index contributed by atoms with van der Waals surface area (Å²) < 4.78 is 0. The van der Waals surface area contributed by atoms with Gasteiger partial charge < -0.3 is 0 Å². The maximum absolute atomic E-state index is 2.48. The van der Waals surface area contributed by atoms with Crippen molar-refractivity contribution >= 4 is 0 Å². The van der Waals surface area contributed by atoms with Gasteiger partial charge in [0.2, 0.25) is 0 Å². The van der Waals surface area contributed by atoms with Crippen molar-refractivity contribution in [2.45, 2.75) is 80.6 Å². The molecule has 92 valence electrons. The van der Waals surface area contributed by atoms with Gasteiger partial charge in [0.25, 0.3) is 0 Å². The maximum atomic E-state index is 2.48.